The molecule has 0 aliphatic carbocycles. The minimum Gasteiger partial charge on any atom is -0.462 e. The fourth-order valence-corrected chi connectivity index (χ4v) is 8.12. The Hall–Kier alpha value is -3.67. The molecule has 0 bridgehead atoms. The van der Waals surface area contributed by atoms with Gasteiger partial charge in [-0.1, -0.05) is 253 Å². The van der Waals surface area contributed by atoms with Gasteiger partial charge in [0.25, 0.3) is 0 Å². The fourth-order valence-electron chi connectivity index (χ4n) is 8.12. The van der Waals surface area contributed by atoms with Gasteiger partial charge in [-0.15, -0.1) is 0 Å². The summed E-state index contributed by atoms with van der Waals surface area (Å²) in [6, 6.07) is 0. The van der Waals surface area contributed by atoms with Crippen molar-refractivity contribution in [3.63, 3.8) is 0 Å². The molecule has 0 fully saturated rings. The van der Waals surface area contributed by atoms with Crippen molar-refractivity contribution in [2.75, 3.05) is 13.2 Å². The minimum atomic E-state index is -0.784. The summed E-state index contributed by atoms with van der Waals surface area (Å²) in [5, 5.41) is 0. The van der Waals surface area contributed by atoms with Crippen LogP contribution in [0.5, 0.6) is 0 Å². The van der Waals surface area contributed by atoms with E-state index >= 15 is 0 Å². The topological polar surface area (TPSA) is 78.9 Å². The van der Waals surface area contributed by atoms with E-state index in [0.29, 0.717) is 19.3 Å². The Morgan fingerprint density at radius 2 is 0.549 bits per heavy atom. The van der Waals surface area contributed by atoms with Crippen LogP contribution in [0.25, 0.3) is 0 Å². The summed E-state index contributed by atoms with van der Waals surface area (Å²) in [4.78, 5) is 38.0. The van der Waals surface area contributed by atoms with Gasteiger partial charge >= 0.3 is 17.9 Å². The second-order valence-corrected chi connectivity index (χ2v) is 19.5. The second-order valence-electron chi connectivity index (χ2n) is 19.5. The molecule has 0 radical (unpaired) electrons. The highest BCUT2D eigenvalue weighted by molar-refractivity contribution is 5.71. The molecule has 6 nitrogen and oxygen atoms in total. The lowest BCUT2D eigenvalue weighted by Crippen LogP contribution is -2.30. The number of allylic oxidation sites excluding steroid dienone is 16. The van der Waals surface area contributed by atoms with Crippen LogP contribution in [-0.2, 0) is 28.6 Å². The van der Waals surface area contributed by atoms with Crippen molar-refractivity contribution in [1.82, 2.24) is 0 Å². The lowest BCUT2D eigenvalue weighted by molar-refractivity contribution is -0.167. The van der Waals surface area contributed by atoms with Gasteiger partial charge in [-0.2, -0.15) is 0 Å². The van der Waals surface area contributed by atoms with Crippen molar-refractivity contribution in [3.8, 4) is 0 Å². The van der Waals surface area contributed by atoms with Crippen LogP contribution in [-0.4, -0.2) is 37.2 Å². The van der Waals surface area contributed by atoms with E-state index in [2.05, 4.69) is 118 Å². The summed E-state index contributed by atoms with van der Waals surface area (Å²) in [7, 11) is 0. The first-order valence-electron chi connectivity index (χ1n) is 29.7. The van der Waals surface area contributed by atoms with E-state index in [-0.39, 0.29) is 31.1 Å². The number of unbranched alkanes of at least 4 members (excludes halogenated alkanes) is 26. The molecular formula is C65H110O6. The van der Waals surface area contributed by atoms with Crippen LogP contribution in [0.4, 0.5) is 0 Å². The smallest absolute Gasteiger partial charge is 0.306 e. The maximum atomic E-state index is 12.8. The molecule has 0 aromatic heterocycles. The van der Waals surface area contributed by atoms with Crippen molar-refractivity contribution < 1.29 is 28.6 Å². The summed E-state index contributed by atoms with van der Waals surface area (Å²) < 4.78 is 16.8. The highest BCUT2D eigenvalue weighted by Crippen LogP contribution is 2.15. The normalized spacial score (nSPS) is 12.8. The van der Waals surface area contributed by atoms with Gasteiger partial charge in [-0.05, 0) is 103 Å². The monoisotopic (exact) mass is 987 g/mol. The summed E-state index contributed by atoms with van der Waals surface area (Å²) in [5.74, 6) is -0.902. The Morgan fingerprint density at radius 1 is 0.296 bits per heavy atom. The predicted octanol–water partition coefficient (Wildman–Crippen LogP) is 20.1. The standard InChI is InChI=1S/C65H110O6/c1-4-7-10-13-16-19-21-23-25-27-28-29-30-31-32-33-34-35-36-37-38-39-41-42-44-46-49-52-55-58-64(67)70-61-62(60-69-63(66)57-54-51-48-18-15-12-9-6-3)71-65(68)59-56-53-50-47-45-43-40-26-24-22-20-17-14-11-8-5-2/h7,10,16,19-20,22-23,25-26,28-29,31-32,34-35,40,62H,4-6,8-9,11-15,17-18,21,24,27,30,33,36-39,41-61H2,1-3H3/b10-7-,19-16-,22-20-,25-23-,29-28-,32-31-,35-34-,40-26-. The highest BCUT2D eigenvalue weighted by atomic mass is 16.6. The third-order valence-electron chi connectivity index (χ3n) is 12.6. The molecule has 0 aromatic carbocycles. The molecule has 0 rings (SSSR count). The minimum absolute atomic E-state index is 0.0827. The number of hydrogen-bond acceptors (Lipinski definition) is 6. The molecule has 0 saturated carbocycles. The van der Waals surface area contributed by atoms with E-state index in [1.165, 1.54) is 116 Å². The molecule has 0 aliphatic rings. The zero-order valence-corrected chi connectivity index (χ0v) is 46.5. The van der Waals surface area contributed by atoms with Crippen molar-refractivity contribution in [1.29, 1.82) is 0 Å². The zero-order valence-electron chi connectivity index (χ0n) is 46.5. The van der Waals surface area contributed by atoms with Crippen LogP contribution in [0, 0.1) is 0 Å². The summed E-state index contributed by atoms with van der Waals surface area (Å²) in [5.41, 5.74) is 0. The van der Waals surface area contributed by atoms with Gasteiger partial charge in [0.2, 0.25) is 0 Å². The Balaban J connectivity index is 4.19. The van der Waals surface area contributed by atoms with Gasteiger partial charge in [0, 0.05) is 19.3 Å². The molecule has 71 heavy (non-hydrogen) atoms. The lowest BCUT2D eigenvalue weighted by atomic mass is 10.1. The third kappa shape index (κ3) is 57.1. The van der Waals surface area contributed by atoms with Crippen LogP contribution in [0.1, 0.15) is 278 Å². The Labute approximate surface area is 438 Å². The highest BCUT2D eigenvalue weighted by Gasteiger charge is 2.19. The van der Waals surface area contributed by atoms with Crippen molar-refractivity contribution >= 4 is 17.9 Å². The van der Waals surface area contributed by atoms with E-state index in [0.717, 1.165) is 122 Å². The van der Waals surface area contributed by atoms with Crippen LogP contribution < -0.4 is 0 Å². The van der Waals surface area contributed by atoms with Crippen molar-refractivity contribution in [2.45, 2.75) is 284 Å². The van der Waals surface area contributed by atoms with E-state index in [4.69, 9.17) is 14.2 Å². The largest absolute Gasteiger partial charge is 0.462 e. The van der Waals surface area contributed by atoms with Crippen LogP contribution in [0.2, 0.25) is 0 Å². The number of rotatable bonds is 53. The second kappa shape index (κ2) is 58.9. The third-order valence-corrected chi connectivity index (χ3v) is 12.6. The number of carbonyl (C=O) groups is 3. The number of ether oxygens (including phenoxy) is 3. The summed E-state index contributed by atoms with van der Waals surface area (Å²) >= 11 is 0. The average molecular weight is 988 g/mol. The van der Waals surface area contributed by atoms with E-state index in [1.807, 2.05) is 0 Å². The Kier molecular flexibility index (Phi) is 55.9. The van der Waals surface area contributed by atoms with E-state index in [9.17, 15) is 14.4 Å². The van der Waals surface area contributed by atoms with Gasteiger partial charge in [0.05, 0.1) is 0 Å². The maximum Gasteiger partial charge on any atom is 0.306 e. The summed E-state index contributed by atoms with van der Waals surface area (Å²) in [6.45, 7) is 6.47. The average Bonchev–Trinajstić information content (AvgIpc) is 3.37. The maximum absolute atomic E-state index is 12.8. The summed E-state index contributed by atoms with van der Waals surface area (Å²) in [6.07, 6.45) is 78.5. The number of hydrogen-bond donors (Lipinski definition) is 0. The van der Waals surface area contributed by atoms with Crippen molar-refractivity contribution in [2.24, 2.45) is 0 Å². The molecule has 0 aliphatic heterocycles. The first kappa shape index (κ1) is 67.3. The Morgan fingerprint density at radius 3 is 0.873 bits per heavy atom. The quantitative estimate of drug-likeness (QED) is 0.0261. The van der Waals surface area contributed by atoms with Crippen LogP contribution in [0.15, 0.2) is 97.2 Å². The zero-order chi connectivity index (χ0) is 51.4. The van der Waals surface area contributed by atoms with E-state index < -0.39 is 6.10 Å². The van der Waals surface area contributed by atoms with Crippen LogP contribution in [0.3, 0.4) is 0 Å². The van der Waals surface area contributed by atoms with Gasteiger partial charge in [-0.25, -0.2) is 0 Å². The van der Waals surface area contributed by atoms with Gasteiger partial charge in [0.1, 0.15) is 13.2 Å². The molecule has 0 amide bonds. The van der Waals surface area contributed by atoms with Crippen LogP contribution >= 0.6 is 0 Å². The fraction of sp³-hybridized carbons (Fsp3) is 0.708. The molecule has 0 N–H and O–H groups in total. The Bertz CT molecular complexity index is 1410. The first-order valence-corrected chi connectivity index (χ1v) is 29.7. The lowest BCUT2D eigenvalue weighted by Gasteiger charge is -2.18. The van der Waals surface area contributed by atoms with Gasteiger partial charge in [0.15, 0.2) is 6.10 Å². The SMILES string of the molecule is CC/C=C\C/C=C\C/C=C\C/C=C\C/C=C\C/C=C\CCCCCCCCCCCCC(=O)OCC(COC(=O)CCCCCCCCCC)OC(=O)CCCCCCC/C=C\C/C=C\CCCCCC. The first-order chi connectivity index (χ1) is 35.0. The predicted molar refractivity (Wildman–Crippen MR) is 307 cm³/mol. The number of esters is 3. The molecule has 0 heterocycles. The molecule has 0 spiro atoms. The molecule has 0 saturated heterocycles. The molecule has 6 heteroatoms. The number of carbonyl (C=O) groups excluding carboxylic acids is 3. The molecule has 1 atom stereocenters. The van der Waals surface area contributed by atoms with Gasteiger partial charge < -0.3 is 14.2 Å². The molecule has 406 valence electrons. The van der Waals surface area contributed by atoms with Gasteiger partial charge in [-0.3, -0.25) is 14.4 Å². The molecule has 0 aromatic rings. The van der Waals surface area contributed by atoms with Crippen molar-refractivity contribution in [3.05, 3.63) is 97.2 Å². The van der Waals surface area contributed by atoms with E-state index in [1.54, 1.807) is 0 Å². The molecule has 1 unspecified atom stereocenters. The molecular weight excluding hydrogens is 877 g/mol.